The Balaban J connectivity index is 2.31. The number of ketones is 1. The topological polar surface area (TPSA) is 67.8 Å². The highest BCUT2D eigenvalue weighted by Gasteiger charge is 2.13. The van der Waals surface area contributed by atoms with Crippen LogP contribution in [0.5, 0.6) is 0 Å². The number of benzene rings is 1. The monoisotopic (exact) mass is 295 g/mol. The van der Waals surface area contributed by atoms with E-state index in [1.807, 2.05) is 6.92 Å². The second-order valence-electron chi connectivity index (χ2n) is 4.27. The summed E-state index contributed by atoms with van der Waals surface area (Å²) in [5, 5.41) is 6.64. The lowest BCUT2D eigenvalue weighted by molar-refractivity contribution is 0.101. The van der Waals surface area contributed by atoms with Crippen molar-refractivity contribution in [2.45, 2.75) is 36.9 Å². The molecule has 1 aromatic heterocycles. The highest BCUT2D eigenvalue weighted by molar-refractivity contribution is 7.99. The van der Waals surface area contributed by atoms with Gasteiger partial charge < -0.3 is 0 Å². The van der Waals surface area contributed by atoms with Gasteiger partial charge in [0.15, 0.2) is 10.9 Å². The molecule has 0 bridgehead atoms. The van der Waals surface area contributed by atoms with E-state index >= 15 is 0 Å². The van der Waals surface area contributed by atoms with Gasteiger partial charge in [-0.25, -0.2) is 14.3 Å². The van der Waals surface area contributed by atoms with Crippen LogP contribution in [0.25, 0.3) is 0 Å². The zero-order valence-corrected chi connectivity index (χ0v) is 12.0. The van der Waals surface area contributed by atoms with Gasteiger partial charge in [-0.05, 0) is 37.2 Å². The highest BCUT2D eigenvalue weighted by Crippen LogP contribution is 2.28. The maximum atomic E-state index is 13.9. The number of H-pyrrole nitrogens is 1. The van der Waals surface area contributed by atoms with E-state index in [0.29, 0.717) is 22.2 Å². The Kier molecular flexibility index (Phi) is 4.39. The molecular formula is C13H14FN3O2S. The minimum atomic E-state index is -0.499. The summed E-state index contributed by atoms with van der Waals surface area (Å²) in [5.41, 5.74) is 0.00920. The number of carbonyl (C=O) groups is 1. The van der Waals surface area contributed by atoms with Crippen LogP contribution in [0.1, 0.15) is 30.6 Å². The molecule has 0 aliphatic heterocycles. The molecule has 7 heteroatoms. The van der Waals surface area contributed by atoms with E-state index < -0.39 is 5.82 Å². The van der Waals surface area contributed by atoms with E-state index in [4.69, 9.17) is 0 Å². The molecule has 0 radical (unpaired) electrons. The Bertz CT molecular complexity index is 693. The van der Waals surface area contributed by atoms with E-state index in [2.05, 4.69) is 10.2 Å². The molecule has 2 rings (SSSR count). The molecule has 1 N–H and O–H groups in total. The number of aromatic nitrogens is 3. The maximum absolute atomic E-state index is 13.9. The van der Waals surface area contributed by atoms with Gasteiger partial charge in [0.2, 0.25) is 0 Å². The fraction of sp³-hybridized carbons (Fsp3) is 0.308. The number of Topliss-reactive ketones (excluding diaryl/α,β-unsaturated/α-hetero) is 1. The summed E-state index contributed by atoms with van der Waals surface area (Å²) in [6, 6.07) is 4.27. The van der Waals surface area contributed by atoms with Crippen LogP contribution in [0.2, 0.25) is 0 Å². The third-order valence-electron chi connectivity index (χ3n) is 2.71. The first-order valence-electron chi connectivity index (χ1n) is 6.16. The van der Waals surface area contributed by atoms with Gasteiger partial charge in [-0.2, -0.15) is 0 Å². The Morgan fingerprint density at radius 1 is 1.50 bits per heavy atom. The number of nitrogens with one attached hydrogen (secondary N) is 1. The average Bonchev–Trinajstić information content (AvgIpc) is 2.74. The molecule has 0 amide bonds. The van der Waals surface area contributed by atoms with Crippen LogP contribution < -0.4 is 5.69 Å². The molecule has 20 heavy (non-hydrogen) atoms. The molecule has 0 fully saturated rings. The van der Waals surface area contributed by atoms with Crippen molar-refractivity contribution in [3.63, 3.8) is 0 Å². The van der Waals surface area contributed by atoms with Crippen LogP contribution in [-0.2, 0) is 6.54 Å². The normalized spacial score (nSPS) is 10.8. The number of hydrogen-bond acceptors (Lipinski definition) is 4. The van der Waals surface area contributed by atoms with Crippen LogP contribution in [0.3, 0.4) is 0 Å². The summed E-state index contributed by atoms with van der Waals surface area (Å²) in [5.74, 6) is -0.690. The van der Waals surface area contributed by atoms with Crippen LogP contribution in [-0.4, -0.2) is 20.5 Å². The SMILES string of the molecule is CCCn1c(Sc2ccc(C(C)=O)cc2F)n[nH]c1=O. The van der Waals surface area contributed by atoms with Gasteiger partial charge in [-0.15, -0.1) is 5.10 Å². The molecule has 0 atom stereocenters. The zero-order chi connectivity index (χ0) is 14.7. The van der Waals surface area contributed by atoms with Crippen molar-refractivity contribution in [3.05, 3.63) is 40.1 Å². The summed E-state index contributed by atoms with van der Waals surface area (Å²) in [6.07, 6.45) is 0.777. The van der Waals surface area contributed by atoms with Crippen LogP contribution in [0, 0.1) is 5.82 Å². The molecule has 0 spiro atoms. The Hall–Kier alpha value is -1.89. The Labute approximate surface area is 119 Å². The van der Waals surface area contributed by atoms with Crippen LogP contribution in [0.4, 0.5) is 4.39 Å². The highest BCUT2D eigenvalue weighted by atomic mass is 32.2. The molecule has 0 saturated carbocycles. The number of nitrogens with zero attached hydrogens (tertiary/aromatic N) is 2. The number of halogens is 1. The van der Waals surface area contributed by atoms with E-state index in [0.717, 1.165) is 18.2 Å². The van der Waals surface area contributed by atoms with Gasteiger partial charge in [-0.3, -0.25) is 9.36 Å². The molecule has 0 unspecified atom stereocenters. The largest absolute Gasteiger partial charge is 0.343 e. The summed E-state index contributed by atoms with van der Waals surface area (Å²) in [6.45, 7) is 3.84. The van der Waals surface area contributed by atoms with Gasteiger partial charge in [0, 0.05) is 12.1 Å². The second-order valence-corrected chi connectivity index (χ2v) is 5.28. The van der Waals surface area contributed by atoms with Crippen molar-refractivity contribution >= 4 is 17.5 Å². The van der Waals surface area contributed by atoms with Crippen molar-refractivity contribution < 1.29 is 9.18 Å². The van der Waals surface area contributed by atoms with Gasteiger partial charge in [0.05, 0.1) is 4.90 Å². The number of rotatable bonds is 5. The fourth-order valence-corrected chi connectivity index (χ4v) is 2.57. The molecule has 2 aromatic rings. The van der Waals surface area contributed by atoms with E-state index in [1.165, 1.54) is 23.6 Å². The molecule has 1 aromatic carbocycles. The maximum Gasteiger partial charge on any atom is 0.343 e. The van der Waals surface area contributed by atoms with Crippen molar-refractivity contribution in [2.75, 3.05) is 0 Å². The minimum Gasteiger partial charge on any atom is -0.295 e. The number of hydrogen-bond donors (Lipinski definition) is 1. The molecular weight excluding hydrogens is 281 g/mol. The lowest BCUT2D eigenvalue weighted by Gasteiger charge is -2.05. The van der Waals surface area contributed by atoms with Gasteiger partial charge in [-0.1, -0.05) is 13.0 Å². The molecule has 0 aliphatic carbocycles. The second kappa shape index (κ2) is 6.04. The standard InChI is InChI=1S/C13H14FN3O2S/c1-3-6-17-12(19)15-16-13(17)20-11-5-4-9(8(2)18)7-10(11)14/h4-5,7H,3,6H2,1-2H3,(H,15,19). The van der Waals surface area contributed by atoms with Crippen LogP contribution in [0.15, 0.2) is 33.0 Å². The first-order chi connectivity index (χ1) is 9.52. The Morgan fingerprint density at radius 2 is 2.25 bits per heavy atom. The third kappa shape index (κ3) is 2.98. The third-order valence-corrected chi connectivity index (χ3v) is 3.76. The van der Waals surface area contributed by atoms with E-state index in [-0.39, 0.29) is 11.5 Å². The van der Waals surface area contributed by atoms with Crippen LogP contribution >= 0.6 is 11.8 Å². The van der Waals surface area contributed by atoms with Crippen molar-refractivity contribution in [1.29, 1.82) is 0 Å². The van der Waals surface area contributed by atoms with Gasteiger partial charge in [0.1, 0.15) is 5.82 Å². The number of aromatic amines is 1. The predicted molar refractivity (Wildman–Crippen MR) is 73.7 cm³/mol. The van der Waals surface area contributed by atoms with Crippen molar-refractivity contribution in [2.24, 2.45) is 0 Å². The molecule has 5 nitrogen and oxygen atoms in total. The lowest BCUT2D eigenvalue weighted by Crippen LogP contribution is -2.17. The van der Waals surface area contributed by atoms with Gasteiger partial charge in [0.25, 0.3) is 0 Å². The quantitative estimate of drug-likeness (QED) is 0.860. The molecule has 106 valence electrons. The lowest BCUT2D eigenvalue weighted by atomic mass is 10.1. The molecule has 1 heterocycles. The minimum absolute atomic E-state index is 0.192. The molecule has 0 saturated heterocycles. The van der Waals surface area contributed by atoms with E-state index in [1.54, 1.807) is 6.07 Å². The summed E-state index contributed by atoms with van der Waals surface area (Å²) in [7, 11) is 0. The summed E-state index contributed by atoms with van der Waals surface area (Å²) < 4.78 is 15.4. The predicted octanol–water partition coefficient (Wildman–Crippen LogP) is 2.47. The van der Waals surface area contributed by atoms with Crippen molar-refractivity contribution in [1.82, 2.24) is 14.8 Å². The molecule has 0 aliphatic rings. The zero-order valence-electron chi connectivity index (χ0n) is 11.1. The summed E-state index contributed by atoms with van der Waals surface area (Å²) >= 11 is 1.06. The Morgan fingerprint density at radius 3 is 2.85 bits per heavy atom. The summed E-state index contributed by atoms with van der Waals surface area (Å²) in [4.78, 5) is 23.0. The van der Waals surface area contributed by atoms with Crippen molar-refractivity contribution in [3.8, 4) is 0 Å². The first kappa shape index (κ1) is 14.5. The smallest absolute Gasteiger partial charge is 0.295 e. The first-order valence-corrected chi connectivity index (χ1v) is 6.98. The van der Waals surface area contributed by atoms with E-state index in [9.17, 15) is 14.0 Å². The number of carbonyl (C=O) groups excluding carboxylic acids is 1. The van der Waals surface area contributed by atoms with Gasteiger partial charge >= 0.3 is 5.69 Å². The fourth-order valence-electron chi connectivity index (χ4n) is 1.70. The average molecular weight is 295 g/mol.